The summed E-state index contributed by atoms with van der Waals surface area (Å²) in [6.45, 7) is 5.71. The molecule has 1 aliphatic rings. The lowest BCUT2D eigenvalue weighted by Gasteiger charge is -2.24. The summed E-state index contributed by atoms with van der Waals surface area (Å²) in [5.41, 5.74) is -0.615. The van der Waals surface area contributed by atoms with Gasteiger partial charge in [0.05, 0.1) is 5.25 Å². The Labute approximate surface area is 134 Å². The van der Waals surface area contributed by atoms with Crippen LogP contribution in [0.4, 0.5) is 4.79 Å². The summed E-state index contributed by atoms with van der Waals surface area (Å²) < 4.78 is 30.2. The van der Waals surface area contributed by atoms with Gasteiger partial charge >= 0.3 is 6.09 Å². The van der Waals surface area contributed by atoms with Crippen LogP contribution in [0.2, 0.25) is 5.15 Å². The number of carbonyl (C=O) groups is 1. The molecule has 1 aromatic heterocycles. The summed E-state index contributed by atoms with van der Waals surface area (Å²) in [5, 5.41) is 6.45. The van der Waals surface area contributed by atoms with Crippen molar-refractivity contribution in [1.29, 1.82) is 0 Å². The van der Waals surface area contributed by atoms with Crippen LogP contribution in [0.1, 0.15) is 27.2 Å². The fraction of sp³-hybridized carbons (Fsp3) is 0.615. The van der Waals surface area contributed by atoms with Crippen LogP contribution in [0.15, 0.2) is 17.2 Å². The number of amides is 1. The van der Waals surface area contributed by atoms with Crippen LogP contribution in [-0.4, -0.2) is 53.5 Å². The Morgan fingerprint density at radius 1 is 1.36 bits per heavy atom. The number of carbonyl (C=O) groups excluding carboxylic acids is 1. The third-order valence-corrected chi connectivity index (χ3v) is 5.40. The minimum absolute atomic E-state index is 0.0849. The van der Waals surface area contributed by atoms with Crippen LogP contribution >= 0.6 is 11.6 Å². The molecule has 1 unspecified atom stereocenters. The molecule has 1 amide bonds. The molecule has 0 saturated carbocycles. The highest BCUT2D eigenvalue weighted by Crippen LogP contribution is 2.24. The van der Waals surface area contributed by atoms with Gasteiger partial charge in [-0.05, 0) is 39.3 Å². The molecule has 2 heterocycles. The maximum atomic E-state index is 12.5. The molecule has 9 heteroatoms. The van der Waals surface area contributed by atoms with Gasteiger partial charge in [0.1, 0.15) is 5.60 Å². The molecule has 0 bridgehead atoms. The lowest BCUT2D eigenvalue weighted by Crippen LogP contribution is -2.36. The lowest BCUT2D eigenvalue weighted by molar-refractivity contribution is 0.0295. The monoisotopic (exact) mass is 347 g/mol. The largest absolute Gasteiger partial charge is 0.444 e. The molecule has 1 saturated heterocycles. The minimum atomic E-state index is -3.65. The van der Waals surface area contributed by atoms with Crippen molar-refractivity contribution < 1.29 is 17.9 Å². The second kappa shape index (κ2) is 6.00. The molecule has 0 N–H and O–H groups in total. The smallest absolute Gasteiger partial charge is 0.410 e. The van der Waals surface area contributed by atoms with Crippen LogP contribution in [-0.2, 0) is 14.6 Å². The molecule has 0 aromatic carbocycles. The number of halogens is 1. The Balaban J connectivity index is 2.09. The van der Waals surface area contributed by atoms with Crippen LogP contribution in [0.3, 0.4) is 0 Å². The molecule has 1 aromatic rings. The zero-order valence-corrected chi connectivity index (χ0v) is 14.2. The molecule has 1 aliphatic heterocycles. The van der Waals surface area contributed by atoms with Gasteiger partial charge in [0.25, 0.3) is 0 Å². The standard InChI is InChI=1S/C13H18ClN3O4S/c1-13(2,3)21-12(18)17-7-6-9(8-17)22(19,20)11-5-4-10(14)15-16-11/h4-5,9H,6-8H2,1-3H3. The number of sulfone groups is 1. The third-order valence-electron chi connectivity index (χ3n) is 3.13. The molecule has 22 heavy (non-hydrogen) atoms. The van der Waals surface area contributed by atoms with Crippen LogP contribution in [0.25, 0.3) is 0 Å². The van der Waals surface area contributed by atoms with Gasteiger partial charge in [0.15, 0.2) is 10.2 Å². The number of rotatable bonds is 2. The molecule has 2 rings (SSSR count). The summed E-state index contributed by atoms with van der Waals surface area (Å²) in [6, 6.07) is 2.70. The van der Waals surface area contributed by atoms with E-state index in [2.05, 4.69) is 10.2 Å². The van der Waals surface area contributed by atoms with Gasteiger partial charge in [-0.25, -0.2) is 13.2 Å². The van der Waals surface area contributed by atoms with Gasteiger partial charge in [-0.1, -0.05) is 11.6 Å². The number of nitrogens with zero attached hydrogens (tertiary/aromatic N) is 3. The predicted molar refractivity (Wildman–Crippen MR) is 80.4 cm³/mol. The Bertz CT molecular complexity index is 655. The van der Waals surface area contributed by atoms with Crippen LogP contribution in [0.5, 0.6) is 0 Å². The first kappa shape index (κ1) is 17.0. The van der Waals surface area contributed by atoms with Gasteiger partial charge < -0.3 is 9.64 Å². The van der Waals surface area contributed by atoms with E-state index in [1.165, 1.54) is 17.0 Å². The lowest BCUT2D eigenvalue weighted by atomic mass is 10.2. The Hall–Kier alpha value is -1.41. The Morgan fingerprint density at radius 2 is 2.05 bits per heavy atom. The molecule has 0 radical (unpaired) electrons. The zero-order valence-electron chi connectivity index (χ0n) is 12.6. The molecule has 122 valence electrons. The van der Waals surface area contributed by atoms with Gasteiger partial charge in [0, 0.05) is 13.1 Å². The molecule has 1 atom stereocenters. The summed E-state index contributed by atoms with van der Waals surface area (Å²) in [6.07, 6.45) is -0.168. The zero-order chi connectivity index (χ0) is 16.5. The number of ether oxygens (including phenoxy) is 1. The maximum Gasteiger partial charge on any atom is 0.410 e. The second-order valence-corrected chi connectivity index (χ2v) is 8.64. The maximum absolute atomic E-state index is 12.5. The van der Waals surface area contributed by atoms with Crippen LogP contribution in [0, 0.1) is 0 Å². The highest BCUT2D eigenvalue weighted by Gasteiger charge is 2.38. The third kappa shape index (κ3) is 3.86. The van der Waals surface area contributed by atoms with E-state index < -0.39 is 26.8 Å². The number of likely N-dealkylation sites (tertiary alicyclic amines) is 1. The van der Waals surface area contributed by atoms with Gasteiger partial charge in [0.2, 0.25) is 9.84 Å². The summed E-state index contributed by atoms with van der Waals surface area (Å²) in [4.78, 5) is 13.4. The van der Waals surface area contributed by atoms with E-state index >= 15 is 0 Å². The molecule has 0 spiro atoms. The van der Waals surface area contributed by atoms with Crippen molar-refractivity contribution in [2.24, 2.45) is 0 Å². The Kier molecular flexibility index (Phi) is 4.62. The summed E-state index contributed by atoms with van der Waals surface area (Å²) in [7, 11) is -3.65. The fourth-order valence-electron chi connectivity index (χ4n) is 2.10. The van der Waals surface area contributed by atoms with E-state index in [-0.39, 0.29) is 16.7 Å². The van der Waals surface area contributed by atoms with Crippen molar-refractivity contribution in [3.8, 4) is 0 Å². The van der Waals surface area contributed by atoms with Crippen molar-refractivity contribution >= 4 is 27.5 Å². The predicted octanol–water partition coefficient (Wildman–Crippen LogP) is 1.91. The minimum Gasteiger partial charge on any atom is -0.444 e. The average Bonchev–Trinajstić information content (AvgIpc) is 2.87. The molecule has 0 aliphatic carbocycles. The van der Waals surface area contributed by atoms with Gasteiger partial charge in [-0.15, -0.1) is 10.2 Å². The molecular formula is C13H18ClN3O4S. The topological polar surface area (TPSA) is 89.5 Å². The first-order valence-corrected chi connectivity index (χ1v) is 8.73. The summed E-state index contributed by atoms with van der Waals surface area (Å²) in [5.74, 6) is 0. The van der Waals surface area contributed by atoms with Crippen molar-refractivity contribution in [2.75, 3.05) is 13.1 Å². The second-order valence-electron chi connectivity index (χ2n) is 6.08. The number of aromatic nitrogens is 2. The van der Waals surface area contributed by atoms with E-state index in [1.807, 2.05) is 0 Å². The average molecular weight is 348 g/mol. The Morgan fingerprint density at radius 3 is 2.59 bits per heavy atom. The van der Waals surface area contributed by atoms with E-state index in [0.29, 0.717) is 13.0 Å². The first-order chi connectivity index (χ1) is 10.1. The number of hydrogen-bond donors (Lipinski definition) is 0. The molecule has 1 fully saturated rings. The molecule has 7 nitrogen and oxygen atoms in total. The highest BCUT2D eigenvalue weighted by atomic mass is 35.5. The van der Waals surface area contributed by atoms with E-state index in [4.69, 9.17) is 16.3 Å². The van der Waals surface area contributed by atoms with Crippen molar-refractivity contribution in [3.05, 3.63) is 17.3 Å². The summed E-state index contributed by atoms with van der Waals surface area (Å²) >= 11 is 5.61. The first-order valence-electron chi connectivity index (χ1n) is 6.80. The van der Waals surface area contributed by atoms with Crippen LogP contribution < -0.4 is 0 Å². The van der Waals surface area contributed by atoms with E-state index in [1.54, 1.807) is 20.8 Å². The van der Waals surface area contributed by atoms with Crippen molar-refractivity contribution in [3.63, 3.8) is 0 Å². The van der Waals surface area contributed by atoms with Gasteiger partial charge in [-0.2, -0.15) is 0 Å². The van der Waals surface area contributed by atoms with Gasteiger partial charge in [-0.3, -0.25) is 0 Å². The number of hydrogen-bond acceptors (Lipinski definition) is 6. The van der Waals surface area contributed by atoms with Crippen molar-refractivity contribution in [2.45, 2.75) is 43.1 Å². The van der Waals surface area contributed by atoms with E-state index in [0.717, 1.165) is 0 Å². The highest BCUT2D eigenvalue weighted by molar-refractivity contribution is 7.92. The molecular weight excluding hydrogens is 330 g/mol. The quantitative estimate of drug-likeness (QED) is 0.811. The SMILES string of the molecule is CC(C)(C)OC(=O)N1CCC(S(=O)(=O)c2ccc(Cl)nn2)C1. The fourth-order valence-corrected chi connectivity index (χ4v) is 3.75. The normalized spacial score (nSPS) is 19.3. The van der Waals surface area contributed by atoms with E-state index in [9.17, 15) is 13.2 Å². The van der Waals surface area contributed by atoms with Crippen molar-refractivity contribution in [1.82, 2.24) is 15.1 Å².